The minimum atomic E-state index is -3.87. The van der Waals surface area contributed by atoms with Gasteiger partial charge in [-0.25, -0.2) is 17.5 Å². The van der Waals surface area contributed by atoms with Gasteiger partial charge in [-0.3, -0.25) is 0 Å². The van der Waals surface area contributed by atoms with Crippen LogP contribution in [0.2, 0.25) is 0 Å². The van der Waals surface area contributed by atoms with E-state index >= 15 is 0 Å². The number of rotatable bonds is 6. The van der Waals surface area contributed by atoms with E-state index in [1.165, 1.54) is 13.8 Å². The summed E-state index contributed by atoms with van der Waals surface area (Å²) < 4.78 is 40.7. The van der Waals surface area contributed by atoms with Crippen LogP contribution >= 0.6 is 0 Å². The maximum Gasteiger partial charge on any atom is 0.241 e. The molecule has 0 spiro atoms. The fourth-order valence-corrected chi connectivity index (χ4v) is 3.74. The van der Waals surface area contributed by atoms with Gasteiger partial charge >= 0.3 is 0 Å². The standard InChI is InChI=1S/C14H23FN2O3S/c1-5-14(18,6-2)8-17-21(19,20)13-9(3)7-11(15)12(16)10(13)4/h7,17-18H,5-6,8,16H2,1-4H3. The molecule has 0 saturated heterocycles. The number of hydrogen-bond donors (Lipinski definition) is 3. The maximum absolute atomic E-state index is 13.5. The van der Waals surface area contributed by atoms with Crippen molar-refractivity contribution in [3.63, 3.8) is 0 Å². The minimum Gasteiger partial charge on any atom is -0.396 e. The number of anilines is 1. The van der Waals surface area contributed by atoms with Crippen LogP contribution in [0.3, 0.4) is 0 Å². The molecule has 0 unspecified atom stereocenters. The Labute approximate surface area is 125 Å². The van der Waals surface area contributed by atoms with Crippen molar-refractivity contribution in [2.45, 2.75) is 51.0 Å². The lowest BCUT2D eigenvalue weighted by molar-refractivity contribution is 0.0377. The van der Waals surface area contributed by atoms with Crippen molar-refractivity contribution in [2.24, 2.45) is 0 Å². The first-order chi connectivity index (χ1) is 9.58. The number of nitrogens with two attached hydrogens (primary N) is 1. The molecule has 120 valence electrons. The van der Waals surface area contributed by atoms with E-state index < -0.39 is 21.4 Å². The zero-order valence-electron chi connectivity index (χ0n) is 12.8. The molecule has 0 radical (unpaired) electrons. The Morgan fingerprint density at radius 2 is 1.86 bits per heavy atom. The van der Waals surface area contributed by atoms with Crippen molar-refractivity contribution in [3.05, 3.63) is 23.0 Å². The highest BCUT2D eigenvalue weighted by Gasteiger charge is 2.28. The molecule has 0 aliphatic rings. The summed E-state index contributed by atoms with van der Waals surface area (Å²) in [6.07, 6.45) is 0.852. The molecule has 0 fully saturated rings. The second kappa shape index (κ2) is 6.29. The molecule has 1 aromatic carbocycles. The van der Waals surface area contributed by atoms with Gasteiger partial charge in [0.15, 0.2) is 0 Å². The van der Waals surface area contributed by atoms with Crippen molar-refractivity contribution >= 4 is 15.7 Å². The van der Waals surface area contributed by atoms with Gasteiger partial charge in [-0.15, -0.1) is 0 Å². The molecule has 0 aromatic heterocycles. The summed E-state index contributed by atoms with van der Waals surface area (Å²) in [7, 11) is -3.87. The van der Waals surface area contributed by atoms with Crippen LogP contribution in [0.15, 0.2) is 11.0 Å². The molecule has 0 bridgehead atoms. The molecule has 1 aromatic rings. The van der Waals surface area contributed by atoms with Crippen molar-refractivity contribution in [1.29, 1.82) is 0 Å². The molecule has 0 heterocycles. The van der Waals surface area contributed by atoms with Crippen molar-refractivity contribution in [1.82, 2.24) is 4.72 Å². The predicted molar refractivity (Wildman–Crippen MR) is 81.0 cm³/mol. The number of aliphatic hydroxyl groups is 1. The summed E-state index contributed by atoms with van der Waals surface area (Å²) in [6.45, 7) is 6.44. The quantitative estimate of drug-likeness (QED) is 0.698. The maximum atomic E-state index is 13.5. The number of aryl methyl sites for hydroxylation is 1. The van der Waals surface area contributed by atoms with Gasteiger partial charge in [0.2, 0.25) is 10.0 Å². The molecule has 21 heavy (non-hydrogen) atoms. The highest BCUT2D eigenvalue weighted by Crippen LogP contribution is 2.27. The van der Waals surface area contributed by atoms with Crippen LogP contribution in [-0.2, 0) is 10.0 Å². The van der Waals surface area contributed by atoms with E-state index in [0.717, 1.165) is 6.07 Å². The molecule has 4 N–H and O–H groups in total. The third-order valence-corrected chi connectivity index (χ3v) is 5.57. The van der Waals surface area contributed by atoms with Gasteiger partial charge in [-0.05, 0) is 43.9 Å². The largest absolute Gasteiger partial charge is 0.396 e. The summed E-state index contributed by atoms with van der Waals surface area (Å²) in [6, 6.07) is 1.10. The van der Waals surface area contributed by atoms with Crippen LogP contribution in [0.4, 0.5) is 10.1 Å². The molecule has 0 saturated carbocycles. The molecule has 0 aliphatic heterocycles. The second-order valence-corrected chi connectivity index (χ2v) is 7.00. The average Bonchev–Trinajstić information content (AvgIpc) is 2.42. The third kappa shape index (κ3) is 3.72. The van der Waals surface area contributed by atoms with Crippen LogP contribution in [0.5, 0.6) is 0 Å². The van der Waals surface area contributed by atoms with Crippen LogP contribution in [0, 0.1) is 19.7 Å². The van der Waals surface area contributed by atoms with E-state index in [-0.39, 0.29) is 28.3 Å². The molecular formula is C14H23FN2O3S. The Hall–Kier alpha value is -1.18. The highest BCUT2D eigenvalue weighted by atomic mass is 32.2. The number of halogens is 1. The van der Waals surface area contributed by atoms with Gasteiger partial charge in [-0.1, -0.05) is 13.8 Å². The van der Waals surface area contributed by atoms with E-state index in [4.69, 9.17) is 5.73 Å². The van der Waals surface area contributed by atoms with Gasteiger partial charge in [0.05, 0.1) is 16.2 Å². The Bertz CT molecular complexity index is 626. The number of nitrogens with one attached hydrogen (secondary N) is 1. The smallest absolute Gasteiger partial charge is 0.241 e. The van der Waals surface area contributed by atoms with Gasteiger partial charge in [-0.2, -0.15) is 0 Å². The van der Waals surface area contributed by atoms with Crippen LogP contribution in [-0.4, -0.2) is 25.7 Å². The van der Waals surface area contributed by atoms with Crippen LogP contribution in [0.25, 0.3) is 0 Å². The van der Waals surface area contributed by atoms with E-state index in [2.05, 4.69) is 4.72 Å². The molecule has 0 amide bonds. The number of nitrogen functional groups attached to an aromatic ring is 1. The molecular weight excluding hydrogens is 295 g/mol. The Morgan fingerprint density at radius 3 is 2.33 bits per heavy atom. The second-order valence-electron chi connectivity index (χ2n) is 5.30. The van der Waals surface area contributed by atoms with Gasteiger partial charge < -0.3 is 10.8 Å². The van der Waals surface area contributed by atoms with Crippen LogP contribution < -0.4 is 10.5 Å². The predicted octanol–water partition coefficient (Wildman–Crippen LogP) is 1.85. The van der Waals surface area contributed by atoms with E-state index in [9.17, 15) is 17.9 Å². The zero-order chi connectivity index (χ0) is 16.4. The minimum absolute atomic E-state index is 0.0315. The van der Waals surface area contributed by atoms with Crippen LogP contribution in [0.1, 0.15) is 37.8 Å². The summed E-state index contributed by atoms with van der Waals surface area (Å²) in [5.74, 6) is -0.637. The molecule has 0 atom stereocenters. The number of benzene rings is 1. The van der Waals surface area contributed by atoms with Crippen molar-refractivity contribution < 1.29 is 17.9 Å². The normalized spacial score (nSPS) is 12.7. The fourth-order valence-electron chi connectivity index (χ4n) is 2.15. The fraction of sp³-hybridized carbons (Fsp3) is 0.571. The lowest BCUT2D eigenvalue weighted by Crippen LogP contribution is -2.42. The monoisotopic (exact) mass is 318 g/mol. The lowest BCUT2D eigenvalue weighted by atomic mass is 9.98. The highest BCUT2D eigenvalue weighted by molar-refractivity contribution is 7.89. The first-order valence-electron chi connectivity index (χ1n) is 6.85. The Morgan fingerprint density at radius 1 is 1.33 bits per heavy atom. The average molecular weight is 318 g/mol. The van der Waals surface area contributed by atoms with E-state index in [1.54, 1.807) is 13.8 Å². The molecule has 5 nitrogen and oxygen atoms in total. The SMILES string of the molecule is CCC(O)(CC)CNS(=O)(=O)c1c(C)cc(F)c(N)c1C. The van der Waals surface area contributed by atoms with Gasteiger partial charge in [0.1, 0.15) is 5.82 Å². The summed E-state index contributed by atoms with van der Waals surface area (Å²) in [4.78, 5) is -0.0315. The first kappa shape index (κ1) is 17.9. The summed E-state index contributed by atoms with van der Waals surface area (Å²) >= 11 is 0. The van der Waals surface area contributed by atoms with E-state index in [0.29, 0.717) is 12.8 Å². The van der Waals surface area contributed by atoms with E-state index in [1.807, 2.05) is 0 Å². The zero-order valence-corrected chi connectivity index (χ0v) is 13.6. The first-order valence-corrected chi connectivity index (χ1v) is 8.33. The third-order valence-electron chi connectivity index (χ3n) is 3.88. The molecule has 0 aliphatic carbocycles. The van der Waals surface area contributed by atoms with Gasteiger partial charge in [0, 0.05) is 6.54 Å². The Balaban J connectivity index is 3.19. The summed E-state index contributed by atoms with van der Waals surface area (Å²) in [5.41, 5.74) is 4.75. The number of sulfonamides is 1. The van der Waals surface area contributed by atoms with Gasteiger partial charge in [0.25, 0.3) is 0 Å². The number of hydrogen-bond acceptors (Lipinski definition) is 4. The Kier molecular flexibility index (Phi) is 5.35. The van der Waals surface area contributed by atoms with Crippen molar-refractivity contribution in [2.75, 3.05) is 12.3 Å². The lowest BCUT2D eigenvalue weighted by Gasteiger charge is -2.25. The summed E-state index contributed by atoms with van der Waals surface area (Å²) in [5, 5.41) is 10.2. The topological polar surface area (TPSA) is 92.4 Å². The van der Waals surface area contributed by atoms with Crippen molar-refractivity contribution in [3.8, 4) is 0 Å². The molecule has 7 heteroatoms. The molecule has 1 rings (SSSR count).